The third-order valence-electron chi connectivity index (χ3n) is 3.89. The minimum atomic E-state index is -4.35. The van der Waals surface area contributed by atoms with Gasteiger partial charge in [0.05, 0.1) is 22.5 Å². The van der Waals surface area contributed by atoms with Gasteiger partial charge in [0, 0.05) is 10.9 Å². The smallest absolute Gasteiger partial charge is 0.321 e. The van der Waals surface area contributed by atoms with E-state index in [-0.39, 0.29) is 0 Å². The summed E-state index contributed by atoms with van der Waals surface area (Å²) < 4.78 is 38.3. The van der Waals surface area contributed by atoms with Gasteiger partial charge in [-0.15, -0.1) is 0 Å². The highest BCUT2D eigenvalue weighted by Crippen LogP contribution is 2.33. The molecule has 0 bridgehead atoms. The van der Waals surface area contributed by atoms with E-state index < -0.39 is 17.3 Å². The first-order valence-corrected chi connectivity index (χ1v) is 7.53. The fourth-order valence-electron chi connectivity index (χ4n) is 2.57. The van der Waals surface area contributed by atoms with E-state index in [0.717, 1.165) is 22.9 Å². The monoisotopic (exact) mass is 330 g/mol. The Morgan fingerprint density at radius 2 is 1.54 bits per heavy atom. The summed E-state index contributed by atoms with van der Waals surface area (Å²) in [6, 6.07) is 14.6. The van der Waals surface area contributed by atoms with Gasteiger partial charge in [-0.05, 0) is 37.4 Å². The van der Waals surface area contributed by atoms with Crippen LogP contribution in [-0.4, -0.2) is 4.98 Å². The molecule has 0 fully saturated rings. The molecule has 0 saturated carbocycles. The number of hydrogen-bond acceptors (Lipinski definition) is 2. The number of pyridine rings is 1. The summed E-state index contributed by atoms with van der Waals surface area (Å²) in [4.78, 5) is 4.63. The molecule has 0 aliphatic heterocycles. The average molecular weight is 330 g/mol. The van der Waals surface area contributed by atoms with Crippen molar-refractivity contribution < 1.29 is 13.2 Å². The van der Waals surface area contributed by atoms with E-state index in [4.69, 9.17) is 5.73 Å². The molecule has 0 amide bonds. The van der Waals surface area contributed by atoms with Crippen molar-refractivity contribution in [3.05, 3.63) is 65.9 Å². The van der Waals surface area contributed by atoms with Crippen LogP contribution >= 0.6 is 0 Å². The van der Waals surface area contributed by atoms with Gasteiger partial charge >= 0.3 is 6.18 Å². The van der Waals surface area contributed by atoms with E-state index in [1.807, 2.05) is 44.2 Å². The van der Waals surface area contributed by atoms with Gasteiger partial charge in [0.25, 0.3) is 0 Å². The molecular weight excluding hydrogens is 313 g/mol. The van der Waals surface area contributed by atoms with Crippen molar-refractivity contribution in [2.24, 2.45) is 5.73 Å². The summed E-state index contributed by atoms with van der Waals surface area (Å²) in [6.07, 6.45) is -4.35. The van der Waals surface area contributed by atoms with Crippen LogP contribution in [0.5, 0.6) is 0 Å². The molecule has 0 atom stereocenters. The second kappa shape index (κ2) is 5.60. The quantitative estimate of drug-likeness (QED) is 0.709. The molecule has 1 heterocycles. The largest absolute Gasteiger partial charge is 0.416 e. The lowest BCUT2D eigenvalue weighted by molar-refractivity contribution is -0.137. The van der Waals surface area contributed by atoms with Crippen LogP contribution in [-0.2, 0) is 11.7 Å². The van der Waals surface area contributed by atoms with Gasteiger partial charge in [-0.25, -0.2) is 0 Å². The van der Waals surface area contributed by atoms with Crippen LogP contribution in [0, 0.1) is 0 Å². The Kier molecular flexibility index (Phi) is 3.84. The van der Waals surface area contributed by atoms with E-state index in [1.165, 1.54) is 12.1 Å². The molecule has 3 aromatic rings. The first-order chi connectivity index (χ1) is 11.2. The standard InChI is InChI=1S/C19H17F3N2/c1-18(2,23)16-11-13-5-3-4-6-15(13)17(24-16)12-7-9-14(10-8-12)19(20,21)22/h3-11H,23H2,1-2H3. The molecule has 3 rings (SSSR count). The fourth-order valence-corrected chi connectivity index (χ4v) is 2.57. The van der Waals surface area contributed by atoms with E-state index in [0.29, 0.717) is 17.0 Å². The highest BCUT2D eigenvalue weighted by atomic mass is 19.4. The molecule has 124 valence electrons. The van der Waals surface area contributed by atoms with Crippen molar-refractivity contribution in [3.8, 4) is 11.3 Å². The van der Waals surface area contributed by atoms with Gasteiger partial charge in [-0.2, -0.15) is 13.2 Å². The third kappa shape index (κ3) is 3.12. The number of nitrogens with two attached hydrogens (primary N) is 1. The maximum atomic E-state index is 12.8. The Bertz CT molecular complexity index is 876. The van der Waals surface area contributed by atoms with Crippen molar-refractivity contribution >= 4 is 10.8 Å². The summed E-state index contributed by atoms with van der Waals surface area (Å²) >= 11 is 0. The van der Waals surface area contributed by atoms with E-state index in [1.54, 1.807) is 0 Å². The topological polar surface area (TPSA) is 38.9 Å². The highest BCUT2D eigenvalue weighted by Gasteiger charge is 2.30. The van der Waals surface area contributed by atoms with Crippen LogP contribution < -0.4 is 5.73 Å². The van der Waals surface area contributed by atoms with E-state index in [9.17, 15) is 13.2 Å². The minimum absolute atomic E-state index is 0.630. The van der Waals surface area contributed by atoms with Crippen LogP contribution in [0.15, 0.2) is 54.6 Å². The Balaban J connectivity index is 2.21. The number of nitrogens with zero attached hydrogens (tertiary/aromatic N) is 1. The Morgan fingerprint density at radius 1 is 0.917 bits per heavy atom. The molecular formula is C19H17F3N2. The van der Waals surface area contributed by atoms with Gasteiger partial charge in [0.2, 0.25) is 0 Å². The summed E-state index contributed by atoms with van der Waals surface area (Å²) in [7, 11) is 0. The van der Waals surface area contributed by atoms with Gasteiger partial charge in [0.1, 0.15) is 0 Å². The zero-order chi connectivity index (χ0) is 17.5. The lowest BCUT2D eigenvalue weighted by Gasteiger charge is -2.20. The summed E-state index contributed by atoms with van der Waals surface area (Å²) in [5, 5.41) is 1.83. The molecule has 5 heteroatoms. The van der Waals surface area contributed by atoms with Crippen LogP contribution in [0.25, 0.3) is 22.0 Å². The zero-order valence-corrected chi connectivity index (χ0v) is 13.4. The van der Waals surface area contributed by atoms with Crippen molar-refractivity contribution in [2.45, 2.75) is 25.6 Å². The normalized spacial score (nSPS) is 12.6. The molecule has 0 unspecified atom stereocenters. The van der Waals surface area contributed by atoms with Crippen molar-refractivity contribution in [1.82, 2.24) is 4.98 Å². The van der Waals surface area contributed by atoms with Crippen LogP contribution in [0.2, 0.25) is 0 Å². The van der Waals surface area contributed by atoms with Gasteiger partial charge < -0.3 is 5.73 Å². The lowest BCUT2D eigenvalue weighted by atomic mass is 9.96. The van der Waals surface area contributed by atoms with Gasteiger partial charge in [-0.1, -0.05) is 36.4 Å². The summed E-state index contributed by atoms with van der Waals surface area (Å²) in [5.41, 5.74) is 6.80. The van der Waals surface area contributed by atoms with Gasteiger partial charge in [0.15, 0.2) is 0 Å². The van der Waals surface area contributed by atoms with E-state index >= 15 is 0 Å². The molecule has 0 radical (unpaired) electrons. The molecule has 2 aromatic carbocycles. The first-order valence-electron chi connectivity index (χ1n) is 7.53. The number of halogens is 3. The predicted molar refractivity (Wildman–Crippen MR) is 89.4 cm³/mol. The number of rotatable bonds is 2. The molecule has 0 aliphatic rings. The zero-order valence-electron chi connectivity index (χ0n) is 13.4. The van der Waals surface area contributed by atoms with Crippen LogP contribution in [0.4, 0.5) is 13.2 Å². The number of alkyl halides is 3. The van der Waals surface area contributed by atoms with Crippen molar-refractivity contribution in [2.75, 3.05) is 0 Å². The molecule has 0 saturated heterocycles. The summed E-state index contributed by atoms with van der Waals surface area (Å²) in [5.74, 6) is 0. The van der Waals surface area contributed by atoms with E-state index in [2.05, 4.69) is 4.98 Å². The van der Waals surface area contributed by atoms with Crippen LogP contribution in [0.1, 0.15) is 25.1 Å². The van der Waals surface area contributed by atoms with Crippen molar-refractivity contribution in [1.29, 1.82) is 0 Å². The number of fused-ring (bicyclic) bond motifs is 1. The maximum Gasteiger partial charge on any atom is 0.416 e. The molecule has 2 nitrogen and oxygen atoms in total. The molecule has 1 aromatic heterocycles. The molecule has 0 spiro atoms. The number of hydrogen-bond donors (Lipinski definition) is 1. The third-order valence-corrected chi connectivity index (χ3v) is 3.89. The van der Waals surface area contributed by atoms with Crippen molar-refractivity contribution in [3.63, 3.8) is 0 Å². The SMILES string of the molecule is CC(C)(N)c1cc2ccccc2c(-c2ccc(C(F)(F)F)cc2)n1. The maximum absolute atomic E-state index is 12.8. The second-order valence-corrected chi connectivity index (χ2v) is 6.37. The predicted octanol–water partition coefficient (Wildman–Crippen LogP) is 5.11. The minimum Gasteiger partial charge on any atom is -0.321 e. The average Bonchev–Trinajstić information content (AvgIpc) is 2.52. The van der Waals surface area contributed by atoms with Crippen LogP contribution in [0.3, 0.4) is 0 Å². The molecule has 0 aliphatic carbocycles. The summed E-state index contributed by atoms with van der Waals surface area (Å²) in [6.45, 7) is 3.70. The Hall–Kier alpha value is -2.40. The lowest BCUT2D eigenvalue weighted by Crippen LogP contribution is -2.30. The fraction of sp³-hybridized carbons (Fsp3) is 0.211. The molecule has 24 heavy (non-hydrogen) atoms. The Labute approximate surface area is 138 Å². The highest BCUT2D eigenvalue weighted by molar-refractivity contribution is 5.95. The Morgan fingerprint density at radius 3 is 2.12 bits per heavy atom. The number of aromatic nitrogens is 1. The first kappa shape index (κ1) is 16.5. The number of benzene rings is 2. The second-order valence-electron chi connectivity index (χ2n) is 6.37. The molecule has 2 N–H and O–H groups in total. The van der Waals surface area contributed by atoms with Gasteiger partial charge in [-0.3, -0.25) is 4.98 Å².